The van der Waals surface area contributed by atoms with E-state index in [0.29, 0.717) is 48.8 Å². The lowest BCUT2D eigenvalue weighted by Crippen LogP contribution is -2.51. The van der Waals surface area contributed by atoms with Crippen LogP contribution in [0, 0.1) is 0 Å². The molecule has 12 heteroatoms. The van der Waals surface area contributed by atoms with Gasteiger partial charge in [-0.05, 0) is 71.5 Å². The molecule has 250 valence electrons. The monoisotopic (exact) mass is 684 g/mol. The first-order valence-corrected chi connectivity index (χ1v) is 18.7. The maximum absolute atomic E-state index is 13.3. The SMILES string of the molecule is NC(CSSCC(N)C(=O)N1CCC[C@H]1C(=O)Nc1ccc2ccccc2c1)C(=O)N1CCC[C@H]1C(=O)Nc1ccc2ccccc2c1. The van der Waals surface area contributed by atoms with Gasteiger partial charge in [-0.3, -0.25) is 19.2 Å². The van der Waals surface area contributed by atoms with Crippen molar-refractivity contribution >= 4 is 78.1 Å². The van der Waals surface area contributed by atoms with E-state index in [4.69, 9.17) is 11.5 Å². The number of rotatable bonds is 11. The van der Waals surface area contributed by atoms with E-state index >= 15 is 0 Å². The Hall–Kier alpha value is -4.10. The van der Waals surface area contributed by atoms with Crippen LogP contribution >= 0.6 is 21.6 Å². The molecule has 4 atom stereocenters. The van der Waals surface area contributed by atoms with E-state index in [1.807, 2.05) is 84.9 Å². The van der Waals surface area contributed by atoms with Gasteiger partial charge >= 0.3 is 0 Å². The summed E-state index contributed by atoms with van der Waals surface area (Å²) in [5.74, 6) is -0.364. The number of nitrogens with two attached hydrogens (primary N) is 2. The average molecular weight is 685 g/mol. The van der Waals surface area contributed by atoms with Gasteiger partial charge in [0.2, 0.25) is 23.6 Å². The van der Waals surface area contributed by atoms with Crippen LogP contribution in [0.5, 0.6) is 0 Å². The zero-order valence-corrected chi connectivity index (χ0v) is 28.2. The second-order valence-corrected chi connectivity index (χ2v) is 14.8. The van der Waals surface area contributed by atoms with E-state index in [1.54, 1.807) is 9.80 Å². The van der Waals surface area contributed by atoms with Gasteiger partial charge in [0.15, 0.2) is 0 Å². The first-order chi connectivity index (χ1) is 23.3. The van der Waals surface area contributed by atoms with Crippen LogP contribution in [-0.2, 0) is 19.2 Å². The molecule has 0 radical (unpaired) electrons. The predicted octanol–water partition coefficient (Wildman–Crippen LogP) is 4.59. The van der Waals surface area contributed by atoms with Gasteiger partial charge in [0.1, 0.15) is 12.1 Å². The van der Waals surface area contributed by atoms with Crippen LogP contribution in [0.15, 0.2) is 84.9 Å². The van der Waals surface area contributed by atoms with Crippen LogP contribution in [0.2, 0.25) is 0 Å². The van der Waals surface area contributed by atoms with Crippen LogP contribution in [0.3, 0.4) is 0 Å². The van der Waals surface area contributed by atoms with E-state index in [1.165, 1.54) is 21.6 Å². The Morgan fingerprint density at radius 3 is 1.44 bits per heavy atom. The lowest BCUT2D eigenvalue weighted by atomic mass is 10.1. The molecule has 2 aliphatic rings. The Morgan fingerprint density at radius 2 is 1.02 bits per heavy atom. The fourth-order valence-corrected chi connectivity index (χ4v) is 8.63. The molecule has 2 heterocycles. The van der Waals surface area contributed by atoms with Crippen LogP contribution in [0.25, 0.3) is 21.5 Å². The molecule has 2 fully saturated rings. The normalized spacial score (nSPS) is 19.0. The van der Waals surface area contributed by atoms with Crippen molar-refractivity contribution in [2.75, 3.05) is 35.2 Å². The molecular weight excluding hydrogens is 645 g/mol. The largest absolute Gasteiger partial charge is 0.329 e. The number of nitrogens with one attached hydrogen (secondary N) is 2. The van der Waals surface area contributed by atoms with E-state index in [2.05, 4.69) is 10.6 Å². The summed E-state index contributed by atoms with van der Waals surface area (Å²) in [5, 5.41) is 10.2. The molecule has 2 unspecified atom stereocenters. The first kappa shape index (κ1) is 33.8. The Kier molecular flexibility index (Phi) is 10.9. The van der Waals surface area contributed by atoms with Crippen molar-refractivity contribution in [3.63, 3.8) is 0 Å². The molecule has 0 aliphatic carbocycles. The summed E-state index contributed by atoms with van der Waals surface area (Å²) in [5.41, 5.74) is 13.9. The summed E-state index contributed by atoms with van der Waals surface area (Å²) in [4.78, 5) is 56.0. The molecule has 4 amide bonds. The number of hydrogen-bond donors (Lipinski definition) is 4. The number of likely N-dealkylation sites (tertiary alicyclic amines) is 2. The van der Waals surface area contributed by atoms with E-state index in [9.17, 15) is 19.2 Å². The second-order valence-electron chi connectivity index (χ2n) is 12.3. The third kappa shape index (κ3) is 7.78. The molecule has 4 aromatic carbocycles. The predicted molar refractivity (Wildman–Crippen MR) is 195 cm³/mol. The fraction of sp³-hybridized carbons (Fsp3) is 0.333. The van der Waals surface area contributed by atoms with Gasteiger partial charge in [-0.2, -0.15) is 0 Å². The molecule has 4 aromatic rings. The number of amides is 4. The molecule has 10 nitrogen and oxygen atoms in total. The number of hydrogen-bond acceptors (Lipinski definition) is 8. The third-order valence-electron chi connectivity index (χ3n) is 8.92. The highest BCUT2D eigenvalue weighted by Gasteiger charge is 2.37. The van der Waals surface area contributed by atoms with Crippen molar-refractivity contribution < 1.29 is 19.2 Å². The minimum absolute atomic E-state index is 0.221. The van der Waals surface area contributed by atoms with E-state index in [-0.39, 0.29) is 23.6 Å². The summed E-state index contributed by atoms with van der Waals surface area (Å²) in [6, 6.07) is 24.6. The van der Waals surface area contributed by atoms with Crippen molar-refractivity contribution in [2.24, 2.45) is 11.5 Å². The molecule has 48 heavy (non-hydrogen) atoms. The van der Waals surface area contributed by atoms with Crippen molar-refractivity contribution in [1.82, 2.24) is 9.80 Å². The highest BCUT2D eigenvalue weighted by atomic mass is 33.1. The van der Waals surface area contributed by atoms with Gasteiger partial charge in [-0.15, -0.1) is 0 Å². The van der Waals surface area contributed by atoms with Gasteiger partial charge in [0, 0.05) is 36.0 Å². The zero-order chi connectivity index (χ0) is 33.6. The van der Waals surface area contributed by atoms with Crippen molar-refractivity contribution in [1.29, 1.82) is 0 Å². The Bertz CT molecular complexity index is 1690. The quantitative estimate of drug-likeness (QED) is 0.132. The molecular formula is C36H40N6O4S2. The lowest BCUT2D eigenvalue weighted by Gasteiger charge is -2.27. The number of fused-ring (bicyclic) bond motifs is 2. The Balaban J connectivity index is 0.949. The summed E-state index contributed by atoms with van der Waals surface area (Å²) < 4.78 is 0. The fourth-order valence-electron chi connectivity index (χ4n) is 6.40. The standard InChI is InChI=1S/C36H40N6O4S2/c37-29(35(45)41-17-5-11-31(41)33(43)39-27-15-13-23-7-1-3-9-25(23)19-27)21-47-48-22-30(38)36(46)42-18-6-12-32(42)34(44)40-28-16-14-24-8-2-4-10-26(24)20-28/h1-4,7-10,13-16,19-20,29-32H,5-6,11-12,17-18,21-22,37-38H2,(H,39,43)(H,40,44)/t29?,30?,31-,32-/m0/s1. The van der Waals surface area contributed by atoms with Crippen molar-refractivity contribution in [2.45, 2.75) is 49.9 Å². The molecule has 2 aliphatic heterocycles. The van der Waals surface area contributed by atoms with Crippen LogP contribution < -0.4 is 22.1 Å². The van der Waals surface area contributed by atoms with Crippen LogP contribution in [0.4, 0.5) is 11.4 Å². The lowest BCUT2D eigenvalue weighted by molar-refractivity contribution is -0.137. The molecule has 0 spiro atoms. The zero-order valence-electron chi connectivity index (χ0n) is 26.5. The maximum atomic E-state index is 13.3. The highest BCUT2D eigenvalue weighted by Crippen LogP contribution is 2.28. The van der Waals surface area contributed by atoms with Crippen molar-refractivity contribution in [3.05, 3.63) is 84.9 Å². The number of anilines is 2. The summed E-state index contributed by atoms with van der Waals surface area (Å²) in [6.45, 7) is 0.954. The molecule has 6 N–H and O–H groups in total. The second kappa shape index (κ2) is 15.4. The Labute approximate surface area is 287 Å². The maximum Gasteiger partial charge on any atom is 0.247 e. The minimum Gasteiger partial charge on any atom is -0.329 e. The highest BCUT2D eigenvalue weighted by molar-refractivity contribution is 8.76. The topological polar surface area (TPSA) is 151 Å². The van der Waals surface area contributed by atoms with Crippen molar-refractivity contribution in [3.8, 4) is 0 Å². The molecule has 2 saturated heterocycles. The van der Waals surface area contributed by atoms with Gasteiger partial charge < -0.3 is 31.9 Å². The van der Waals surface area contributed by atoms with Gasteiger partial charge in [-0.25, -0.2) is 0 Å². The minimum atomic E-state index is -0.801. The van der Waals surface area contributed by atoms with Gasteiger partial charge in [0.25, 0.3) is 0 Å². The summed E-state index contributed by atoms with van der Waals surface area (Å²) in [7, 11) is 2.75. The summed E-state index contributed by atoms with van der Waals surface area (Å²) in [6.07, 6.45) is 2.61. The van der Waals surface area contributed by atoms with Crippen LogP contribution in [0.1, 0.15) is 25.7 Å². The van der Waals surface area contributed by atoms with Gasteiger partial charge in [-0.1, -0.05) is 82.3 Å². The number of carbonyl (C=O) groups excluding carboxylic acids is 4. The van der Waals surface area contributed by atoms with E-state index < -0.39 is 24.2 Å². The molecule has 0 aromatic heterocycles. The Morgan fingerprint density at radius 1 is 0.625 bits per heavy atom. The summed E-state index contributed by atoms with van der Waals surface area (Å²) >= 11 is 0. The molecule has 6 rings (SSSR count). The third-order valence-corrected chi connectivity index (χ3v) is 11.4. The molecule has 0 saturated carbocycles. The van der Waals surface area contributed by atoms with Gasteiger partial charge in [0.05, 0.1) is 12.1 Å². The average Bonchev–Trinajstić information content (AvgIpc) is 3.80. The number of nitrogens with zero attached hydrogens (tertiary/aromatic N) is 2. The number of carbonyl (C=O) groups is 4. The van der Waals surface area contributed by atoms with E-state index in [0.717, 1.165) is 34.4 Å². The first-order valence-electron chi connectivity index (χ1n) is 16.2. The van der Waals surface area contributed by atoms with Crippen LogP contribution in [-0.4, -0.2) is 82.2 Å². The smallest absolute Gasteiger partial charge is 0.247 e. The number of benzene rings is 4. The molecule has 0 bridgehead atoms.